The quantitative estimate of drug-likeness (QED) is 0.319. The van der Waals surface area contributed by atoms with Gasteiger partial charge in [0, 0.05) is 26.3 Å². The van der Waals surface area contributed by atoms with E-state index in [4.69, 9.17) is 0 Å². The minimum Gasteiger partial charge on any atom is -0.347 e. The summed E-state index contributed by atoms with van der Waals surface area (Å²) in [6.45, 7) is 4.84. The molecule has 0 saturated heterocycles. The Bertz CT molecular complexity index is 499. The van der Waals surface area contributed by atoms with E-state index in [2.05, 4.69) is 22.2 Å². The summed E-state index contributed by atoms with van der Waals surface area (Å²) >= 11 is 0. The van der Waals surface area contributed by atoms with Crippen molar-refractivity contribution in [2.45, 2.75) is 25.7 Å². The molecule has 23 heavy (non-hydrogen) atoms. The Balaban J connectivity index is 2.29. The molecule has 0 atom stereocenters. The molecular weight excluding hydrogens is 288 g/mol. The molecule has 0 aliphatic heterocycles. The van der Waals surface area contributed by atoms with Crippen LogP contribution in [0.5, 0.6) is 0 Å². The fourth-order valence-corrected chi connectivity index (χ4v) is 2.19. The second kappa shape index (κ2) is 11.3. The van der Waals surface area contributed by atoms with Crippen LogP contribution in [-0.2, 0) is 4.79 Å². The summed E-state index contributed by atoms with van der Waals surface area (Å²) in [6.07, 6.45) is 6.46. The first kappa shape index (κ1) is 18.7. The maximum Gasteiger partial charge on any atom is 0.243 e. The number of aliphatic imine (C=N–C) groups is 1. The SMILES string of the molecule is C=CCCCCCN(C)C(=NC)NCC(=O)Nc1ccccc1. The summed E-state index contributed by atoms with van der Waals surface area (Å²) in [6, 6.07) is 9.42. The molecule has 0 saturated carbocycles. The van der Waals surface area contributed by atoms with Crippen LogP contribution in [0, 0.1) is 0 Å². The van der Waals surface area contributed by atoms with Crippen molar-refractivity contribution in [3.05, 3.63) is 43.0 Å². The summed E-state index contributed by atoms with van der Waals surface area (Å²) in [5.41, 5.74) is 0.796. The van der Waals surface area contributed by atoms with Crippen molar-refractivity contribution >= 4 is 17.6 Å². The number of hydrogen-bond acceptors (Lipinski definition) is 2. The number of unbranched alkanes of at least 4 members (excludes halogenated alkanes) is 3. The standard InChI is InChI=1S/C18H28N4O/c1-4-5-6-7-11-14-22(3)18(19-2)20-15-17(23)21-16-12-9-8-10-13-16/h4,8-10,12-13H,1,5-7,11,14-15H2,2-3H3,(H,19,20)(H,21,23). The average Bonchev–Trinajstić information content (AvgIpc) is 2.56. The van der Waals surface area contributed by atoms with Crippen LogP contribution >= 0.6 is 0 Å². The lowest BCUT2D eigenvalue weighted by molar-refractivity contribution is -0.115. The fourth-order valence-electron chi connectivity index (χ4n) is 2.19. The summed E-state index contributed by atoms with van der Waals surface area (Å²) < 4.78 is 0. The largest absolute Gasteiger partial charge is 0.347 e. The molecule has 5 nitrogen and oxygen atoms in total. The lowest BCUT2D eigenvalue weighted by atomic mass is 10.2. The molecule has 0 radical (unpaired) electrons. The zero-order chi connectivity index (χ0) is 16.9. The van der Waals surface area contributed by atoms with Crippen molar-refractivity contribution < 1.29 is 4.79 Å². The number of amides is 1. The molecule has 0 unspecified atom stereocenters. The molecule has 0 heterocycles. The molecule has 2 N–H and O–H groups in total. The monoisotopic (exact) mass is 316 g/mol. The summed E-state index contributed by atoms with van der Waals surface area (Å²) in [5, 5.41) is 5.93. The van der Waals surface area contributed by atoms with Gasteiger partial charge in [-0.3, -0.25) is 9.79 Å². The molecule has 0 fully saturated rings. The second-order valence-corrected chi connectivity index (χ2v) is 5.37. The van der Waals surface area contributed by atoms with Crippen molar-refractivity contribution in [1.29, 1.82) is 0 Å². The summed E-state index contributed by atoms with van der Waals surface area (Å²) in [7, 11) is 3.71. The van der Waals surface area contributed by atoms with Gasteiger partial charge in [0.25, 0.3) is 0 Å². The van der Waals surface area contributed by atoms with Crippen LogP contribution in [0.3, 0.4) is 0 Å². The molecule has 0 aliphatic carbocycles. The third-order valence-electron chi connectivity index (χ3n) is 3.44. The zero-order valence-corrected chi connectivity index (χ0v) is 14.2. The molecular formula is C18H28N4O. The van der Waals surface area contributed by atoms with E-state index in [9.17, 15) is 4.79 Å². The van der Waals surface area contributed by atoms with Gasteiger partial charge in [-0.25, -0.2) is 0 Å². The number of rotatable bonds is 9. The van der Waals surface area contributed by atoms with Gasteiger partial charge >= 0.3 is 0 Å². The van der Waals surface area contributed by atoms with Crippen LogP contribution < -0.4 is 10.6 Å². The first-order chi connectivity index (χ1) is 11.2. The van der Waals surface area contributed by atoms with Crippen LogP contribution in [0.2, 0.25) is 0 Å². The predicted octanol–water partition coefficient (Wildman–Crippen LogP) is 2.88. The Morgan fingerprint density at radius 3 is 2.65 bits per heavy atom. The number of carbonyl (C=O) groups excluding carboxylic acids is 1. The number of benzene rings is 1. The maximum absolute atomic E-state index is 11.9. The highest BCUT2D eigenvalue weighted by atomic mass is 16.1. The van der Waals surface area contributed by atoms with E-state index in [1.165, 1.54) is 12.8 Å². The van der Waals surface area contributed by atoms with E-state index < -0.39 is 0 Å². The molecule has 5 heteroatoms. The highest BCUT2D eigenvalue weighted by Crippen LogP contribution is 2.04. The first-order valence-corrected chi connectivity index (χ1v) is 8.05. The van der Waals surface area contributed by atoms with E-state index in [1.54, 1.807) is 7.05 Å². The molecule has 1 aromatic rings. The number of hydrogen-bond donors (Lipinski definition) is 2. The van der Waals surface area contributed by atoms with Gasteiger partial charge in [-0.05, 0) is 31.4 Å². The van der Waals surface area contributed by atoms with Crippen molar-refractivity contribution in [3.8, 4) is 0 Å². The van der Waals surface area contributed by atoms with Crippen molar-refractivity contribution in [2.75, 3.05) is 32.5 Å². The predicted molar refractivity (Wildman–Crippen MR) is 97.7 cm³/mol. The Morgan fingerprint density at radius 2 is 2.00 bits per heavy atom. The molecule has 1 amide bonds. The number of nitrogens with zero attached hydrogens (tertiary/aromatic N) is 2. The van der Waals surface area contributed by atoms with Crippen LogP contribution in [0.1, 0.15) is 25.7 Å². The molecule has 0 bridgehead atoms. The van der Waals surface area contributed by atoms with Crippen LogP contribution in [0.25, 0.3) is 0 Å². The minimum absolute atomic E-state index is 0.0864. The smallest absolute Gasteiger partial charge is 0.243 e. The normalized spacial score (nSPS) is 11.0. The van der Waals surface area contributed by atoms with Crippen LogP contribution in [0.4, 0.5) is 5.69 Å². The van der Waals surface area contributed by atoms with E-state index >= 15 is 0 Å². The number of guanidine groups is 1. The van der Waals surface area contributed by atoms with Gasteiger partial charge in [0.15, 0.2) is 5.96 Å². The Kier molecular flexibility index (Phi) is 9.20. The fraction of sp³-hybridized carbons (Fsp3) is 0.444. The molecule has 0 aromatic heterocycles. The molecule has 0 spiro atoms. The molecule has 1 rings (SSSR count). The third kappa shape index (κ3) is 8.04. The lowest BCUT2D eigenvalue weighted by Gasteiger charge is -2.21. The summed E-state index contributed by atoms with van der Waals surface area (Å²) in [5.74, 6) is 0.647. The topological polar surface area (TPSA) is 56.7 Å². The highest BCUT2D eigenvalue weighted by molar-refractivity contribution is 5.94. The number of para-hydroxylation sites is 1. The number of allylic oxidation sites excluding steroid dienone is 1. The van der Waals surface area contributed by atoms with E-state index in [0.717, 1.165) is 31.0 Å². The van der Waals surface area contributed by atoms with Crippen molar-refractivity contribution in [2.24, 2.45) is 4.99 Å². The van der Waals surface area contributed by atoms with Gasteiger partial charge in [0.05, 0.1) is 6.54 Å². The lowest BCUT2D eigenvalue weighted by Crippen LogP contribution is -2.42. The van der Waals surface area contributed by atoms with Gasteiger partial charge in [-0.15, -0.1) is 6.58 Å². The van der Waals surface area contributed by atoms with Gasteiger partial charge in [-0.2, -0.15) is 0 Å². The van der Waals surface area contributed by atoms with Crippen molar-refractivity contribution in [3.63, 3.8) is 0 Å². The summed E-state index contributed by atoms with van der Waals surface area (Å²) in [4.78, 5) is 18.2. The van der Waals surface area contributed by atoms with Crippen LogP contribution in [-0.4, -0.2) is 44.0 Å². The van der Waals surface area contributed by atoms with Crippen LogP contribution in [0.15, 0.2) is 48.0 Å². The highest BCUT2D eigenvalue weighted by Gasteiger charge is 2.08. The van der Waals surface area contributed by atoms with Gasteiger partial charge in [0.1, 0.15) is 0 Å². The van der Waals surface area contributed by atoms with Crippen molar-refractivity contribution in [1.82, 2.24) is 10.2 Å². The number of anilines is 1. The van der Waals surface area contributed by atoms with E-state index in [1.807, 2.05) is 48.4 Å². The Hall–Kier alpha value is -2.30. The van der Waals surface area contributed by atoms with Gasteiger partial charge < -0.3 is 15.5 Å². The van der Waals surface area contributed by atoms with E-state index in [-0.39, 0.29) is 12.5 Å². The third-order valence-corrected chi connectivity index (χ3v) is 3.44. The molecule has 1 aromatic carbocycles. The first-order valence-electron chi connectivity index (χ1n) is 8.05. The average molecular weight is 316 g/mol. The maximum atomic E-state index is 11.9. The number of carbonyl (C=O) groups is 1. The second-order valence-electron chi connectivity index (χ2n) is 5.37. The van der Waals surface area contributed by atoms with Gasteiger partial charge in [0.2, 0.25) is 5.91 Å². The van der Waals surface area contributed by atoms with Gasteiger partial charge in [-0.1, -0.05) is 30.7 Å². The minimum atomic E-state index is -0.0864. The Labute approximate surface area is 139 Å². The molecule has 126 valence electrons. The van der Waals surface area contributed by atoms with E-state index in [0.29, 0.717) is 0 Å². The Morgan fingerprint density at radius 1 is 1.26 bits per heavy atom. The zero-order valence-electron chi connectivity index (χ0n) is 14.2. The number of nitrogens with one attached hydrogen (secondary N) is 2. The molecule has 0 aliphatic rings.